The van der Waals surface area contributed by atoms with Crippen molar-refractivity contribution in [3.05, 3.63) is 38.9 Å². The molecule has 0 fully saturated rings. The zero-order chi connectivity index (χ0) is 14.6. The summed E-state index contributed by atoms with van der Waals surface area (Å²) in [5.41, 5.74) is 6.08. The zero-order valence-electron chi connectivity index (χ0n) is 11.0. The van der Waals surface area contributed by atoms with Crippen LogP contribution < -0.4 is 5.73 Å². The molecule has 0 aromatic heterocycles. The third-order valence-corrected chi connectivity index (χ3v) is 3.23. The van der Waals surface area contributed by atoms with Crippen molar-refractivity contribution in [1.82, 2.24) is 0 Å². The molecule has 0 unspecified atom stereocenters. The normalized spacial score (nSPS) is 14.4. The number of benzene rings is 1. The largest absolute Gasteiger partial charge is 0.391 e. The summed E-state index contributed by atoms with van der Waals surface area (Å²) in [5, 5.41) is 21.3. The maximum Gasteiger partial charge on any atom is 0.274 e. The van der Waals surface area contributed by atoms with E-state index in [9.17, 15) is 15.2 Å². The second-order valence-corrected chi connectivity index (χ2v) is 5.46. The summed E-state index contributed by atoms with van der Waals surface area (Å²) < 4.78 is 0. The van der Waals surface area contributed by atoms with Crippen molar-refractivity contribution in [2.24, 2.45) is 11.7 Å². The predicted molar refractivity (Wildman–Crippen MR) is 75.1 cm³/mol. The Morgan fingerprint density at radius 3 is 2.58 bits per heavy atom. The average molecular weight is 287 g/mol. The Kier molecular flexibility index (Phi) is 5.72. The smallest absolute Gasteiger partial charge is 0.274 e. The van der Waals surface area contributed by atoms with Crippen LogP contribution in [0.25, 0.3) is 0 Å². The number of aliphatic hydroxyl groups excluding tert-OH is 1. The molecule has 0 spiro atoms. The summed E-state index contributed by atoms with van der Waals surface area (Å²) in [7, 11) is 0. The average Bonchev–Trinajstić information content (AvgIpc) is 2.34. The Morgan fingerprint density at radius 2 is 2.05 bits per heavy atom. The minimum absolute atomic E-state index is 0.111. The van der Waals surface area contributed by atoms with Crippen LogP contribution in [0.4, 0.5) is 5.69 Å². The molecule has 0 radical (unpaired) electrons. The van der Waals surface area contributed by atoms with Gasteiger partial charge in [-0.1, -0.05) is 25.4 Å². The van der Waals surface area contributed by atoms with Crippen LogP contribution >= 0.6 is 11.6 Å². The second kappa shape index (κ2) is 6.84. The summed E-state index contributed by atoms with van der Waals surface area (Å²) >= 11 is 5.84. The number of nitro benzene ring substituents is 1. The first kappa shape index (κ1) is 15.9. The first-order valence-corrected chi connectivity index (χ1v) is 6.58. The molecule has 6 heteroatoms. The number of aliphatic hydroxyl groups is 1. The van der Waals surface area contributed by atoms with E-state index in [1.165, 1.54) is 18.2 Å². The van der Waals surface area contributed by atoms with Crippen molar-refractivity contribution in [1.29, 1.82) is 0 Å². The summed E-state index contributed by atoms with van der Waals surface area (Å²) in [6.07, 6.45) is 0.491. The van der Waals surface area contributed by atoms with Gasteiger partial charge in [-0.2, -0.15) is 0 Å². The van der Waals surface area contributed by atoms with Gasteiger partial charge in [0.2, 0.25) is 0 Å². The van der Waals surface area contributed by atoms with Gasteiger partial charge in [-0.25, -0.2) is 0 Å². The summed E-state index contributed by atoms with van der Waals surface area (Å²) in [6, 6.07) is 3.39. The highest BCUT2D eigenvalue weighted by Gasteiger charge is 2.25. The molecule has 0 heterocycles. The first-order valence-electron chi connectivity index (χ1n) is 6.20. The number of nitrogens with two attached hydrogens (primary N) is 1. The summed E-state index contributed by atoms with van der Waals surface area (Å²) in [5.74, 6) is 0.441. The van der Waals surface area contributed by atoms with Crippen LogP contribution in [-0.4, -0.2) is 16.1 Å². The molecule has 1 aromatic carbocycles. The molecule has 1 aromatic rings. The molecule has 0 aliphatic heterocycles. The number of halogens is 1. The standard InChI is InChI=1S/C13H19ClN2O3/c1-8(2)3-6-12(17)13(15)10-7-9(14)4-5-11(10)16(18)19/h4-5,7-8,12-13,17H,3,6,15H2,1-2H3/t12-,13+/m0/s1. The maximum absolute atomic E-state index is 11.0. The van der Waals surface area contributed by atoms with Crippen molar-refractivity contribution in [2.45, 2.75) is 38.8 Å². The van der Waals surface area contributed by atoms with E-state index >= 15 is 0 Å². The monoisotopic (exact) mass is 286 g/mol. The molecule has 3 N–H and O–H groups in total. The van der Waals surface area contributed by atoms with Gasteiger partial charge in [-0.05, 0) is 30.9 Å². The van der Waals surface area contributed by atoms with Crippen molar-refractivity contribution >= 4 is 17.3 Å². The first-order chi connectivity index (χ1) is 8.82. The second-order valence-electron chi connectivity index (χ2n) is 5.02. The van der Waals surface area contributed by atoms with Crippen LogP contribution in [0, 0.1) is 16.0 Å². The predicted octanol–water partition coefficient (Wildman–Crippen LogP) is 3.05. The van der Waals surface area contributed by atoms with Crippen LogP contribution in [0.3, 0.4) is 0 Å². The number of hydrogen-bond donors (Lipinski definition) is 2. The number of nitro groups is 1. The van der Waals surface area contributed by atoms with E-state index < -0.39 is 17.1 Å². The van der Waals surface area contributed by atoms with Gasteiger partial charge in [0.15, 0.2) is 0 Å². The van der Waals surface area contributed by atoms with E-state index in [2.05, 4.69) is 0 Å². The van der Waals surface area contributed by atoms with Gasteiger partial charge in [0.1, 0.15) is 0 Å². The Balaban J connectivity index is 2.94. The molecule has 0 aliphatic rings. The maximum atomic E-state index is 11.0. The molecule has 0 aliphatic carbocycles. The van der Waals surface area contributed by atoms with Gasteiger partial charge >= 0.3 is 0 Å². The highest BCUT2D eigenvalue weighted by atomic mass is 35.5. The van der Waals surface area contributed by atoms with Gasteiger partial charge in [0, 0.05) is 11.1 Å². The van der Waals surface area contributed by atoms with E-state index in [1.807, 2.05) is 13.8 Å². The van der Waals surface area contributed by atoms with E-state index in [0.29, 0.717) is 17.4 Å². The highest BCUT2D eigenvalue weighted by Crippen LogP contribution is 2.30. The van der Waals surface area contributed by atoms with Gasteiger partial charge in [-0.3, -0.25) is 10.1 Å². The lowest BCUT2D eigenvalue weighted by atomic mass is 9.95. The molecule has 0 saturated carbocycles. The van der Waals surface area contributed by atoms with Gasteiger partial charge in [-0.15, -0.1) is 0 Å². The Morgan fingerprint density at radius 1 is 1.42 bits per heavy atom. The molecule has 19 heavy (non-hydrogen) atoms. The third-order valence-electron chi connectivity index (χ3n) is 3.00. The lowest BCUT2D eigenvalue weighted by Crippen LogP contribution is -2.27. The topological polar surface area (TPSA) is 89.4 Å². The van der Waals surface area contributed by atoms with Crippen molar-refractivity contribution in [2.75, 3.05) is 0 Å². The Labute approximate surface area is 117 Å². The molecule has 2 atom stereocenters. The number of hydrogen-bond acceptors (Lipinski definition) is 4. The van der Waals surface area contributed by atoms with Crippen LogP contribution in [0.5, 0.6) is 0 Å². The van der Waals surface area contributed by atoms with Crippen molar-refractivity contribution < 1.29 is 10.0 Å². The van der Waals surface area contributed by atoms with Crippen molar-refractivity contribution in [3.63, 3.8) is 0 Å². The summed E-state index contributed by atoms with van der Waals surface area (Å²) in [4.78, 5) is 10.4. The minimum Gasteiger partial charge on any atom is -0.391 e. The van der Waals surface area contributed by atoms with E-state index in [-0.39, 0.29) is 11.3 Å². The van der Waals surface area contributed by atoms with Crippen LogP contribution in [0.15, 0.2) is 18.2 Å². The fourth-order valence-corrected chi connectivity index (χ4v) is 2.03. The highest BCUT2D eigenvalue weighted by molar-refractivity contribution is 6.30. The van der Waals surface area contributed by atoms with E-state index in [4.69, 9.17) is 17.3 Å². The quantitative estimate of drug-likeness (QED) is 0.621. The lowest BCUT2D eigenvalue weighted by molar-refractivity contribution is -0.385. The van der Waals surface area contributed by atoms with Crippen LogP contribution in [-0.2, 0) is 0 Å². The number of nitrogens with zero attached hydrogens (tertiary/aromatic N) is 1. The van der Waals surface area contributed by atoms with E-state index in [0.717, 1.165) is 6.42 Å². The van der Waals surface area contributed by atoms with E-state index in [1.54, 1.807) is 0 Å². The summed E-state index contributed by atoms with van der Waals surface area (Å²) in [6.45, 7) is 4.08. The lowest BCUT2D eigenvalue weighted by Gasteiger charge is -2.20. The molecule has 0 amide bonds. The molecular weight excluding hydrogens is 268 g/mol. The molecule has 1 rings (SSSR count). The van der Waals surface area contributed by atoms with Gasteiger partial charge in [0.05, 0.1) is 22.6 Å². The number of rotatable bonds is 6. The molecule has 0 saturated heterocycles. The zero-order valence-corrected chi connectivity index (χ0v) is 11.8. The molecule has 0 bridgehead atoms. The minimum atomic E-state index is -0.820. The van der Waals surface area contributed by atoms with Gasteiger partial charge < -0.3 is 10.8 Å². The SMILES string of the molecule is CC(C)CC[C@H](O)[C@H](N)c1cc(Cl)ccc1[N+](=O)[O-]. The molecule has 106 valence electrons. The Hall–Kier alpha value is -1.17. The fourth-order valence-electron chi connectivity index (χ4n) is 1.85. The fraction of sp³-hybridized carbons (Fsp3) is 0.538. The van der Waals surface area contributed by atoms with Crippen LogP contribution in [0.2, 0.25) is 5.02 Å². The van der Waals surface area contributed by atoms with Crippen LogP contribution in [0.1, 0.15) is 38.3 Å². The molecule has 5 nitrogen and oxygen atoms in total. The van der Waals surface area contributed by atoms with Crippen molar-refractivity contribution in [3.8, 4) is 0 Å². The molecular formula is C13H19ClN2O3. The Bertz CT molecular complexity index is 452. The third kappa shape index (κ3) is 4.45. The van der Waals surface area contributed by atoms with Gasteiger partial charge in [0.25, 0.3) is 5.69 Å².